The van der Waals surface area contributed by atoms with Gasteiger partial charge in [-0.1, -0.05) is 30.3 Å². The summed E-state index contributed by atoms with van der Waals surface area (Å²) >= 11 is 0. The molecule has 2 aliphatic heterocycles. The van der Waals surface area contributed by atoms with Gasteiger partial charge in [0.25, 0.3) is 0 Å². The van der Waals surface area contributed by atoms with E-state index < -0.39 is 0 Å². The molecule has 22 heavy (non-hydrogen) atoms. The molecule has 0 radical (unpaired) electrons. The fourth-order valence-electron chi connectivity index (χ4n) is 2.55. The fraction of sp³-hybridized carbons (Fsp3) is 0.562. The molecule has 2 aliphatic rings. The zero-order chi connectivity index (χ0) is 15.2. The molecule has 0 spiro atoms. The Morgan fingerprint density at radius 3 is 2.91 bits per heavy atom. The van der Waals surface area contributed by atoms with E-state index in [1.54, 1.807) is 4.90 Å². The van der Waals surface area contributed by atoms with Gasteiger partial charge in [0.15, 0.2) is 0 Å². The molecule has 0 bridgehead atoms. The highest BCUT2D eigenvalue weighted by atomic mass is 16.6. The summed E-state index contributed by atoms with van der Waals surface area (Å²) < 4.78 is 11.1. The Hall–Kier alpha value is -1.63. The molecule has 2 heterocycles. The molecule has 2 fully saturated rings. The summed E-state index contributed by atoms with van der Waals surface area (Å²) in [5.74, 6) is 0. The predicted octanol–water partition coefficient (Wildman–Crippen LogP) is 0.585. The molecule has 1 atom stereocenters. The molecule has 1 unspecified atom stereocenters. The minimum Gasteiger partial charge on any atom is -0.445 e. The normalized spacial score (nSPS) is 22.2. The largest absolute Gasteiger partial charge is 0.445 e. The van der Waals surface area contributed by atoms with Gasteiger partial charge >= 0.3 is 6.09 Å². The van der Waals surface area contributed by atoms with E-state index in [4.69, 9.17) is 9.47 Å². The Balaban J connectivity index is 1.41. The molecular weight excluding hydrogens is 282 g/mol. The van der Waals surface area contributed by atoms with Crippen LogP contribution in [0, 0.1) is 0 Å². The second-order valence-corrected chi connectivity index (χ2v) is 5.74. The minimum atomic E-state index is -0.262. The smallest absolute Gasteiger partial charge is 0.410 e. The third-order valence-corrected chi connectivity index (χ3v) is 4.02. The van der Waals surface area contributed by atoms with Crippen molar-refractivity contribution in [2.24, 2.45) is 0 Å². The first-order chi connectivity index (χ1) is 10.8. The maximum atomic E-state index is 12.1. The summed E-state index contributed by atoms with van der Waals surface area (Å²) in [6.45, 7) is 4.85. The highest BCUT2D eigenvalue weighted by Crippen LogP contribution is 2.09. The average molecular weight is 305 g/mol. The van der Waals surface area contributed by atoms with Crippen LogP contribution in [0.1, 0.15) is 5.56 Å². The second-order valence-electron chi connectivity index (χ2n) is 5.74. The first kappa shape index (κ1) is 15.3. The zero-order valence-electron chi connectivity index (χ0n) is 12.7. The molecule has 6 heteroatoms. The molecule has 1 amide bonds. The first-order valence-electron chi connectivity index (χ1n) is 7.82. The van der Waals surface area contributed by atoms with Crippen molar-refractivity contribution in [2.45, 2.75) is 18.8 Å². The molecule has 0 saturated carbocycles. The number of nitrogens with one attached hydrogen (secondary N) is 2. The summed E-state index contributed by atoms with van der Waals surface area (Å²) in [6, 6.07) is 10.3. The van der Waals surface area contributed by atoms with E-state index >= 15 is 0 Å². The highest BCUT2D eigenvalue weighted by molar-refractivity contribution is 5.67. The van der Waals surface area contributed by atoms with E-state index in [0.29, 0.717) is 32.3 Å². The van der Waals surface area contributed by atoms with Gasteiger partial charge in [0.2, 0.25) is 0 Å². The number of carbonyl (C=O) groups excluding carboxylic acids is 1. The second kappa shape index (κ2) is 7.58. The topological polar surface area (TPSA) is 62.8 Å². The van der Waals surface area contributed by atoms with Crippen LogP contribution in [0.4, 0.5) is 4.79 Å². The van der Waals surface area contributed by atoms with E-state index in [9.17, 15) is 4.79 Å². The van der Waals surface area contributed by atoms with Crippen molar-refractivity contribution in [2.75, 3.05) is 39.3 Å². The first-order valence-corrected chi connectivity index (χ1v) is 7.82. The summed E-state index contributed by atoms with van der Waals surface area (Å²) in [5, 5.41) is 6.66. The lowest BCUT2D eigenvalue weighted by molar-refractivity contribution is -0.0285. The summed E-state index contributed by atoms with van der Waals surface area (Å²) in [7, 11) is 0. The standard InChI is InChI=1S/C16H23N3O3/c20-16(22-12-13-4-2-1-3-5-13)19-6-7-21-15(11-19)10-18-14-8-17-9-14/h1-5,14-15,17-18H,6-12H2. The van der Waals surface area contributed by atoms with Gasteiger partial charge in [-0.3, -0.25) is 0 Å². The Bertz CT molecular complexity index is 479. The number of ether oxygens (including phenoxy) is 2. The van der Waals surface area contributed by atoms with Crippen molar-refractivity contribution < 1.29 is 14.3 Å². The van der Waals surface area contributed by atoms with Crippen LogP contribution in [0.3, 0.4) is 0 Å². The van der Waals surface area contributed by atoms with E-state index in [1.165, 1.54) is 0 Å². The number of amides is 1. The van der Waals surface area contributed by atoms with E-state index in [2.05, 4.69) is 10.6 Å². The average Bonchev–Trinajstić information content (AvgIpc) is 2.52. The lowest BCUT2D eigenvalue weighted by Gasteiger charge is -2.35. The number of nitrogens with zero attached hydrogens (tertiary/aromatic N) is 1. The Labute approximate surface area is 130 Å². The minimum absolute atomic E-state index is 0.0404. The van der Waals surface area contributed by atoms with Crippen molar-refractivity contribution in [1.29, 1.82) is 0 Å². The number of hydrogen-bond donors (Lipinski definition) is 2. The lowest BCUT2D eigenvalue weighted by Crippen LogP contribution is -2.58. The van der Waals surface area contributed by atoms with E-state index in [-0.39, 0.29) is 12.2 Å². The number of benzene rings is 1. The van der Waals surface area contributed by atoms with Gasteiger partial charge in [0, 0.05) is 32.2 Å². The molecule has 1 aromatic rings. The molecule has 6 nitrogen and oxygen atoms in total. The van der Waals surface area contributed by atoms with Crippen molar-refractivity contribution in [3.05, 3.63) is 35.9 Å². The predicted molar refractivity (Wildman–Crippen MR) is 82.6 cm³/mol. The zero-order valence-corrected chi connectivity index (χ0v) is 12.7. The maximum absolute atomic E-state index is 12.1. The van der Waals surface area contributed by atoms with Crippen LogP contribution in [0.2, 0.25) is 0 Å². The quantitative estimate of drug-likeness (QED) is 0.833. The van der Waals surface area contributed by atoms with Gasteiger partial charge in [-0.2, -0.15) is 0 Å². The molecule has 3 rings (SSSR count). The van der Waals surface area contributed by atoms with Crippen LogP contribution in [0.5, 0.6) is 0 Å². The Kier molecular flexibility index (Phi) is 5.26. The number of morpholine rings is 1. The molecule has 120 valence electrons. The van der Waals surface area contributed by atoms with Gasteiger partial charge in [-0.05, 0) is 5.56 Å². The van der Waals surface area contributed by atoms with Crippen molar-refractivity contribution >= 4 is 6.09 Å². The van der Waals surface area contributed by atoms with Crippen molar-refractivity contribution in [1.82, 2.24) is 15.5 Å². The van der Waals surface area contributed by atoms with Crippen LogP contribution in [0.25, 0.3) is 0 Å². The fourth-order valence-corrected chi connectivity index (χ4v) is 2.55. The van der Waals surface area contributed by atoms with E-state index in [0.717, 1.165) is 25.2 Å². The monoisotopic (exact) mass is 305 g/mol. The van der Waals surface area contributed by atoms with Crippen LogP contribution < -0.4 is 10.6 Å². The van der Waals surface area contributed by atoms with Crippen LogP contribution in [-0.2, 0) is 16.1 Å². The molecule has 1 aromatic carbocycles. The van der Waals surface area contributed by atoms with Gasteiger partial charge in [-0.25, -0.2) is 4.79 Å². The summed E-state index contributed by atoms with van der Waals surface area (Å²) in [6.07, 6.45) is -0.221. The van der Waals surface area contributed by atoms with Crippen LogP contribution in [0.15, 0.2) is 30.3 Å². The maximum Gasteiger partial charge on any atom is 0.410 e. The number of hydrogen-bond acceptors (Lipinski definition) is 5. The van der Waals surface area contributed by atoms with Gasteiger partial charge in [0.05, 0.1) is 19.3 Å². The Morgan fingerprint density at radius 2 is 2.18 bits per heavy atom. The summed E-state index contributed by atoms with van der Waals surface area (Å²) in [4.78, 5) is 13.9. The van der Waals surface area contributed by atoms with E-state index in [1.807, 2.05) is 30.3 Å². The Morgan fingerprint density at radius 1 is 1.36 bits per heavy atom. The van der Waals surface area contributed by atoms with Crippen LogP contribution >= 0.6 is 0 Å². The third-order valence-electron chi connectivity index (χ3n) is 4.02. The van der Waals surface area contributed by atoms with Crippen LogP contribution in [-0.4, -0.2) is 62.5 Å². The van der Waals surface area contributed by atoms with Crippen molar-refractivity contribution in [3.63, 3.8) is 0 Å². The highest BCUT2D eigenvalue weighted by Gasteiger charge is 2.26. The number of rotatable bonds is 5. The number of carbonyl (C=O) groups is 1. The molecule has 2 N–H and O–H groups in total. The third kappa shape index (κ3) is 4.19. The van der Waals surface area contributed by atoms with Crippen molar-refractivity contribution in [3.8, 4) is 0 Å². The molecular formula is C16H23N3O3. The molecule has 0 aliphatic carbocycles. The van der Waals surface area contributed by atoms with Gasteiger partial charge < -0.3 is 25.0 Å². The lowest BCUT2D eigenvalue weighted by atomic mass is 10.1. The molecule has 0 aromatic heterocycles. The summed E-state index contributed by atoms with van der Waals surface area (Å²) in [5.41, 5.74) is 1.000. The molecule has 2 saturated heterocycles. The van der Waals surface area contributed by atoms with Gasteiger partial charge in [-0.15, -0.1) is 0 Å². The van der Waals surface area contributed by atoms with Gasteiger partial charge in [0.1, 0.15) is 6.61 Å². The SMILES string of the molecule is O=C(OCc1ccccc1)N1CCOC(CNC2CNC2)C1.